The molecule has 21 heavy (non-hydrogen) atoms. The van der Waals surface area contributed by atoms with Crippen molar-refractivity contribution in [1.29, 1.82) is 0 Å². The van der Waals surface area contributed by atoms with Crippen molar-refractivity contribution in [2.24, 2.45) is 5.73 Å². The molecule has 0 radical (unpaired) electrons. The maximum absolute atomic E-state index is 12.3. The quantitative estimate of drug-likeness (QED) is 0.839. The lowest BCUT2D eigenvalue weighted by Crippen LogP contribution is -2.15. The Bertz CT molecular complexity index is 765. The summed E-state index contributed by atoms with van der Waals surface area (Å²) in [6, 6.07) is 6.31. The highest BCUT2D eigenvalue weighted by molar-refractivity contribution is 7.91. The summed E-state index contributed by atoms with van der Waals surface area (Å²) in [7, 11) is -3.44. The monoisotopic (exact) mass is 343 g/mol. The maximum Gasteiger partial charge on any atom is 0.180 e. The molecule has 5 nitrogen and oxygen atoms in total. The van der Waals surface area contributed by atoms with Crippen LogP contribution in [0.15, 0.2) is 35.4 Å². The summed E-state index contributed by atoms with van der Waals surface area (Å²) in [6.07, 6.45) is 1.61. The predicted octanol–water partition coefficient (Wildman–Crippen LogP) is 1.95. The second-order valence-electron chi connectivity index (χ2n) is 4.54. The van der Waals surface area contributed by atoms with E-state index >= 15 is 0 Å². The third-order valence-electron chi connectivity index (χ3n) is 2.95. The summed E-state index contributed by atoms with van der Waals surface area (Å²) < 4.78 is 26.1. The first-order valence-corrected chi connectivity index (χ1v) is 8.55. The molecule has 2 rings (SSSR count). The zero-order valence-electron chi connectivity index (χ0n) is 11.3. The van der Waals surface area contributed by atoms with E-state index in [1.165, 1.54) is 16.8 Å². The molecule has 0 saturated heterocycles. The number of thiocarbonyl (C=S) groups is 1. The lowest BCUT2D eigenvalue weighted by atomic mass is 10.2. The van der Waals surface area contributed by atoms with Gasteiger partial charge in [-0.3, -0.25) is 4.68 Å². The second-order valence-corrected chi connectivity index (χ2v) is 7.49. The number of nitrogens with zero attached hydrogens (tertiary/aromatic N) is 2. The van der Waals surface area contributed by atoms with Gasteiger partial charge in [0.05, 0.1) is 27.9 Å². The maximum atomic E-state index is 12.3. The molecule has 0 saturated carbocycles. The molecule has 0 amide bonds. The number of hydrogen-bond acceptors (Lipinski definition) is 4. The first-order valence-electron chi connectivity index (χ1n) is 6.12. The zero-order valence-corrected chi connectivity index (χ0v) is 13.7. The molecular formula is C13H14ClN3O2S2. The fourth-order valence-corrected chi connectivity index (χ4v) is 3.32. The Kier molecular flexibility index (Phi) is 4.65. The van der Waals surface area contributed by atoms with Gasteiger partial charge in [0.15, 0.2) is 9.84 Å². The molecule has 1 heterocycles. The minimum Gasteiger partial charge on any atom is -0.389 e. The largest absolute Gasteiger partial charge is 0.389 e. The van der Waals surface area contributed by atoms with Crippen molar-refractivity contribution in [1.82, 2.24) is 9.78 Å². The van der Waals surface area contributed by atoms with Gasteiger partial charge in [-0.2, -0.15) is 5.10 Å². The molecule has 1 aromatic carbocycles. The van der Waals surface area contributed by atoms with Crippen LogP contribution in [0.25, 0.3) is 0 Å². The molecule has 0 unspecified atom stereocenters. The molecule has 0 fully saturated rings. The van der Waals surface area contributed by atoms with E-state index in [2.05, 4.69) is 5.10 Å². The second kappa shape index (κ2) is 6.13. The third-order valence-corrected chi connectivity index (χ3v) is 5.25. The summed E-state index contributed by atoms with van der Waals surface area (Å²) in [5, 5.41) is 4.65. The Morgan fingerprint density at radius 3 is 2.76 bits per heavy atom. The Morgan fingerprint density at radius 1 is 1.48 bits per heavy atom. The SMILES string of the molecule is Cc1nn(CCS(=O)(=O)c2cccc(C(N)=S)c2)cc1Cl. The Morgan fingerprint density at radius 2 is 2.19 bits per heavy atom. The van der Waals surface area contributed by atoms with Crippen molar-refractivity contribution < 1.29 is 8.42 Å². The fourth-order valence-electron chi connectivity index (χ4n) is 1.78. The Hall–Kier alpha value is -1.44. The summed E-state index contributed by atoms with van der Waals surface area (Å²) in [5.41, 5.74) is 6.72. The number of aromatic nitrogens is 2. The number of sulfone groups is 1. The lowest BCUT2D eigenvalue weighted by molar-refractivity contribution is 0.580. The zero-order chi connectivity index (χ0) is 15.6. The van der Waals surface area contributed by atoms with Gasteiger partial charge in [0.2, 0.25) is 0 Å². The molecule has 0 aliphatic rings. The number of hydrogen-bond donors (Lipinski definition) is 1. The van der Waals surface area contributed by atoms with Gasteiger partial charge >= 0.3 is 0 Å². The van der Waals surface area contributed by atoms with Gasteiger partial charge < -0.3 is 5.73 Å². The lowest BCUT2D eigenvalue weighted by Gasteiger charge is -2.06. The molecule has 0 atom stereocenters. The van der Waals surface area contributed by atoms with Crippen molar-refractivity contribution in [3.05, 3.63) is 46.7 Å². The number of nitrogens with two attached hydrogens (primary N) is 1. The minimum atomic E-state index is -3.44. The van der Waals surface area contributed by atoms with Crippen LogP contribution >= 0.6 is 23.8 Å². The van der Waals surface area contributed by atoms with Gasteiger partial charge in [0, 0.05) is 11.8 Å². The number of benzene rings is 1. The van der Waals surface area contributed by atoms with Crippen LogP contribution in [0, 0.1) is 6.92 Å². The van der Waals surface area contributed by atoms with E-state index < -0.39 is 9.84 Å². The average Bonchev–Trinajstić information content (AvgIpc) is 2.76. The van der Waals surface area contributed by atoms with Crippen molar-refractivity contribution in [2.75, 3.05) is 5.75 Å². The highest BCUT2D eigenvalue weighted by Crippen LogP contribution is 2.15. The molecule has 0 aliphatic carbocycles. The van der Waals surface area contributed by atoms with Crippen LogP contribution in [-0.2, 0) is 16.4 Å². The summed E-state index contributed by atoms with van der Waals surface area (Å²) in [6.45, 7) is 1.99. The Balaban J connectivity index is 2.18. The molecule has 0 aliphatic heterocycles. The highest BCUT2D eigenvalue weighted by Gasteiger charge is 2.16. The van der Waals surface area contributed by atoms with Crippen molar-refractivity contribution in [3.8, 4) is 0 Å². The van der Waals surface area contributed by atoms with E-state index in [9.17, 15) is 8.42 Å². The molecule has 1 aromatic heterocycles. The van der Waals surface area contributed by atoms with Gasteiger partial charge in [-0.15, -0.1) is 0 Å². The highest BCUT2D eigenvalue weighted by atomic mass is 35.5. The predicted molar refractivity (Wildman–Crippen MR) is 86.4 cm³/mol. The molecule has 2 N–H and O–H groups in total. The van der Waals surface area contributed by atoms with Crippen molar-refractivity contribution in [2.45, 2.75) is 18.4 Å². The van der Waals surface area contributed by atoms with E-state index in [-0.39, 0.29) is 22.2 Å². The van der Waals surface area contributed by atoms with Gasteiger partial charge in [-0.1, -0.05) is 36.0 Å². The van der Waals surface area contributed by atoms with Crippen molar-refractivity contribution >= 4 is 38.6 Å². The normalized spacial score (nSPS) is 11.5. The Labute approximate surface area is 133 Å². The average molecular weight is 344 g/mol. The van der Waals surface area contributed by atoms with Crippen LogP contribution in [-0.4, -0.2) is 28.9 Å². The van der Waals surface area contributed by atoms with E-state index in [4.69, 9.17) is 29.6 Å². The van der Waals surface area contributed by atoms with Crippen LogP contribution in [0.1, 0.15) is 11.3 Å². The van der Waals surface area contributed by atoms with Gasteiger partial charge in [0.25, 0.3) is 0 Å². The summed E-state index contributed by atoms with van der Waals surface area (Å²) in [4.78, 5) is 0.365. The van der Waals surface area contributed by atoms with Crippen LogP contribution in [0.2, 0.25) is 5.02 Å². The van der Waals surface area contributed by atoms with E-state index in [0.29, 0.717) is 16.3 Å². The molecule has 2 aromatic rings. The minimum absolute atomic E-state index is 0.0781. The first-order chi connectivity index (χ1) is 9.79. The standard InChI is InChI=1S/C13H14ClN3O2S2/c1-9-12(14)8-17(16-9)5-6-21(18,19)11-4-2-3-10(7-11)13(15)20/h2-4,7-8H,5-6H2,1H3,(H2,15,20). The van der Waals surface area contributed by atoms with Crippen LogP contribution in [0.4, 0.5) is 0 Å². The van der Waals surface area contributed by atoms with Gasteiger partial charge in [-0.25, -0.2) is 8.42 Å². The van der Waals surface area contributed by atoms with E-state index in [1.54, 1.807) is 25.3 Å². The number of aryl methyl sites for hydroxylation is 2. The summed E-state index contributed by atoms with van der Waals surface area (Å²) in [5.74, 6) is -0.0781. The number of halogens is 1. The van der Waals surface area contributed by atoms with Gasteiger partial charge in [0.1, 0.15) is 4.99 Å². The first kappa shape index (κ1) is 15.9. The van der Waals surface area contributed by atoms with Gasteiger partial charge in [-0.05, 0) is 19.1 Å². The van der Waals surface area contributed by atoms with Crippen LogP contribution in [0.3, 0.4) is 0 Å². The summed E-state index contributed by atoms with van der Waals surface area (Å²) >= 11 is 10.7. The van der Waals surface area contributed by atoms with Crippen LogP contribution in [0.5, 0.6) is 0 Å². The van der Waals surface area contributed by atoms with Crippen molar-refractivity contribution in [3.63, 3.8) is 0 Å². The number of rotatable bonds is 5. The smallest absolute Gasteiger partial charge is 0.180 e. The van der Waals surface area contributed by atoms with E-state index in [1.807, 2.05) is 0 Å². The van der Waals surface area contributed by atoms with E-state index in [0.717, 1.165) is 0 Å². The fraction of sp³-hybridized carbons (Fsp3) is 0.231. The molecule has 112 valence electrons. The molecule has 8 heteroatoms. The van der Waals surface area contributed by atoms with Crippen LogP contribution < -0.4 is 5.73 Å². The third kappa shape index (κ3) is 3.81. The molecule has 0 spiro atoms. The topological polar surface area (TPSA) is 78.0 Å². The molecule has 0 bridgehead atoms. The molecular weight excluding hydrogens is 330 g/mol.